The molecular weight excluding hydrogens is 590 g/mol. The summed E-state index contributed by atoms with van der Waals surface area (Å²) in [6, 6.07) is 20.7. The molecule has 0 radical (unpaired) electrons. The summed E-state index contributed by atoms with van der Waals surface area (Å²) in [5.41, 5.74) is 2.52. The molecular formula is C31H32ClF4N3O4. The quantitative estimate of drug-likeness (QED) is 0.214. The van der Waals surface area contributed by atoms with E-state index in [0.29, 0.717) is 27.6 Å². The summed E-state index contributed by atoms with van der Waals surface area (Å²) in [6.45, 7) is -1.71. The van der Waals surface area contributed by atoms with E-state index < -0.39 is 30.7 Å². The molecule has 0 bridgehead atoms. The second-order valence-corrected chi connectivity index (χ2v) is 10.8. The van der Waals surface area contributed by atoms with E-state index in [4.69, 9.17) is 21.4 Å². The molecule has 0 spiro atoms. The van der Waals surface area contributed by atoms with Crippen molar-refractivity contribution in [1.82, 2.24) is 10.2 Å². The number of alkyl halides is 3. The lowest BCUT2D eigenvalue weighted by atomic mass is 9.88. The molecule has 230 valence electrons. The van der Waals surface area contributed by atoms with E-state index in [1.807, 2.05) is 42.5 Å². The fourth-order valence-electron chi connectivity index (χ4n) is 5.09. The van der Waals surface area contributed by atoms with Crippen LogP contribution in [0.2, 0.25) is 5.02 Å². The molecule has 43 heavy (non-hydrogen) atoms. The lowest BCUT2D eigenvalue weighted by Gasteiger charge is -2.33. The summed E-state index contributed by atoms with van der Waals surface area (Å²) in [6.07, 6.45) is -5.99. The Hall–Kier alpha value is -3.67. The normalized spacial score (nSPS) is 17.7. The number of ether oxygens (including phenoxy) is 1. The number of carboxylic acid groups (broad SMARTS) is 1. The van der Waals surface area contributed by atoms with Crippen LogP contribution in [0.3, 0.4) is 0 Å². The van der Waals surface area contributed by atoms with Gasteiger partial charge >= 0.3 is 12.3 Å². The molecule has 3 aromatic rings. The molecule has 0 saturated carbocycles. The van der Waals surface area contributed by atoms with Gasteiger partial charge in [0.2, 0.25) is 5.91 Å². The fraction of sp³-hybridized carbons (Fsp3) is 0.355. The third-order valence-corrected chi connectivity index (χ3v) is 7.47. The average Bonchev–Trinajstić information content (AvgIpc) is 2.96. The molecule has 1 heterocycles. The monoisotopic (exact) mass is 621 g/mol. The van der Waals surface area contributed by atoms with Crippen LogP contribution in [0.5, 0.6) is 0 Å². The van der Waals surface area contributed by atoms with E-state index in [9.17, 15) is 27.2 Å². The van der Waals surface area contributed by atoms with E-state index >= 15 is 0 Å². The van der Waals surface area contributed by atoms with Gasteiger partial charge in [0, 0.05) is 47.7 Å². The first-order valence-electron chi connectivity index (χ1n) is 13.8. The highest BCUT2D eigenvalue weighted by Gasteiger charge is 2.35. The van der Waals surface area contributed by atoms with E-state index in [1.165, 1.54) is 12.1 Å². The minimum Gasteiger partial charge on any atom is -0.465 e. The molecule has 3 aromatic carbocycles. The Morgan fingerprint density at radius 3 is 2.37 bits per heavy atom. The molecule has 4 rings (SSSR count). The number of anilines is 1. The van der Waals surface area contributed by atoms with Crippen LogP contribution in [0, 0.1) is 5.82 Å². The van der Waals surface area contributed by atoms with Gasteiger partial charge in [-0.2, -0.15) is 13.2 Å². The molecule has 2 amide bonds. The summed E-state index contributed by atoms with van der Waals surface area (Å²) in [4.78, 5) is 24.8. The van der Waals surface area contributed by atoms with Crippen LogP contribution in [0.15, 0.2) is 72.8 Å². The lowest BCUT2D eigenvalue weighted by molar-refractivity contribution is -0.143. The van der Waals surface area contributed by atoms with E-state index in [1.54, 1.807) is 18.2 Å². The van der Waals surface area contributed by atoms with Crippen molar-refractivity contribution < 1.29 is 37.0 Å². The summed E-state index contributed by atoms with van der Waals surface area (Å²) in [5, 5.41) is 15.6. The highest BCUT2D eigenvalue weighted by Crippen LogP contribution is 2.30. The lowest BCUT2D eigenvalue weighted by Crippen LogP contribution is -2.53. The molecule has 1 fully saturated rings. The second-order valence-electron chi connectivity index (χ2n) is 10.4. The molecule has 0 aliphatic carbocycles. The first kappa shape index (κ1) is 32.2. The molecule has 3 N–H and O–H groups in total. The van der Waals surface area contributed by atoms with Crippen LogP contribution in [0.4, 0.5) is 28.0 Å². The molecule has 0 aromatic heterocycles. The average molecular weight is 622 g/mol. The summed E-state index contributed by atoms with van der Waals surface area (Å²) < 4.78 is 58.8. The van der Waals surface area contributed by atoms with Gasteiger partial charge in [-0.1, -0.05) is 60.1 Å². The predicted octanol–water partition coefficient (Wildman–Crippen LogP) is 6.47. The molecule has 1 aliphatic heterocycles. The maximum atomic E-state index is 14.9. The number of hydrogen-bond donors (Lipinski definition) is 3. The van der Waals surface area contributed by atoms with Crippen molar-refractivity contribution in [3.63, 3.8) is 0 Å². The van der Waals surface area contributed by atoms with Crippen LogP contribution < -0.4 is 10.6 Å². The van der Waals surface area contributed by atoms with Crippen LogP contribution in [-0.4, -0.2) is 66.6 Å². The topological polar surface area (TPSA) is 90.9 Å². The van der Waals surface area contributed by atoms with Gasteiger partial charge in [-0.3, -0.25) is 9.69 Å². The van der Waals surface area contributed by atoms with E-state index in [-0.39, 0.29) is 50.5 Å². The zero-order valence-corrected chi connectivity index (χ0v) is 23.9. The van der Waals surface area contributed by atoms with Gasteiger partial charge in [0.1, 0.15) is 12.4 Å². The second kappa shape index (κ2) is 14.7. The number of benzene rings is 3. The Morgan fingerprint density at radius 1 is 1.05 bits per heavy atom. The van der Waals surface area contributed by atoms with Crippen molar-refractivity contribution in [3.8, 4) is 0 Å². The van der Waals surface area contributed by atoms with Gasteiger partial charge in [0.25, 0.3) is 0 Å². The summed E-state index contributed by atoms with van der Waals surface area (Å²) in [7, 11) is 0. The molecule has 1 aliphatic rings. The van der Waals surface area contributed by atoms with Gasteiger partial charge in [-0.15, -0.1) is 0 Å². The van der Waals surface area contributed by atoms with Crippen LogP contribution in [0.25, 0.3) is 0 Å². The number of morpholine rings is 1. The Kier molecular flexibility index (Phi) is 11.0. The summed E-state index contributed by atoms with van der Waals surface area (Å²) in [5.74, 6) is -1.03. The van der Waals surface area contributed by atoms with Gasteiger partial charge in [0.05, 0.1) is 12.7 Å². The molecule has 2 unspecified atom stereocenters. The Morgan fingerprint density at radius 2 is 1.74 bits per heavy atom. The number of carbonyl (C=O) groups is 2. The van der Waals surface area contributed by atoms with Crippen LogP contribution in [0.1, 0.15) is 35.4 Å². The Labute approximate surface area is 251 Å². The van der Waals surface area contributed by atoms with Crippen molar-refractivity contribution in [3.05, 3.63) is 100 Å². The van der Waals surface area contributed by atoms with Crippen LogP contribution >= 0.6 is 11.6 Å². The van der Waals surface area contributed by atoms with Crippen molar-refractivity contribution in [2.45, 2.75) is 43.5 Å². The van der Waals surface area contributed by atoms with Gasteiger partial charge in [0.15, 0.2) is 0 Å². The Bertz CT molecular complexity index is 1370. The molecule has 1 saturated heterocycles. The highest BCUT2D eigenvalue weighted by molar-refractivity contribution is 6.30. The predicted molar refractivity (Wildman–Crippen MR) is 155 cm³/mol. The van der Waals surface area contributed by atoms with Crippen molar-refractivity contribution >= 4 is 29.3 Å². The Balaban J connectivity index is 1.36. The number of nitrogens with zero attached hydrogens (tertiary/aromatic N) is 1. The minimum absolute atomic E-state index is 0.00125. The zero-order chi connectivity index (χ0) is 31.0. The van der Waals surface area contributed by atoms with Crippen molar-refractivity contribution in [1.29, 1.82) is 0 Å². The maximum Gasteiger partial charge on any atom is 0.407 e. The molecule has 3 atom stereocenters. The van der Waals surface area contributed by atoms with E-state index in [2.05, 4.69) is 10.6 Å². The number of carbonyl (C=O) groups excluding carboxylic acids is 1. The number of amides is 2. The summed E-state index contributed by atoms with van der Waals surface area (Å²) >= 11 is 6.06. The zero-order valence-electron chi connectivity index (χ0n) is 23.1. The van der Waals surface area contributed by atoms with Crippen LogP contribution in [-0.2, 0) is 16.0 Å². The standard InChI is InChI=1S/C31H32ClF4N3O4/c32-22-11-9-21(10-12-22)26(20-5-2-1-3-6-20)15-29(40)38-28-8-4-7-27(33)25(28)14-13-24-16-37-23(18-43-24)17-39(30(41)42)19-31(34,35)36/h1-12,23-24,26,37H,13-19H2,(H,38,40)(H,41,42)/t23?,24?,26-/m1/s1. The number of nitrogens with one attached hydrogen (secondary N) is 2. The molecule has 12 heteroatoms. The van der Waals surface area contributed by atoms with Gasteiger partial charge in [-0.25, -0.2) is 9.18 Å². The fourth-order valence-corrected chi connectivity index (χ4v) is 5.22. The maximum absolute atomic E-state index is 14.9. The largest absolute Gasteiger partial charge is 0.465 e. The third kappa shape index (κ3) is 9.67. The van der Waals surface area contributed by atoms with Crippen molar-refractivity contribution in [2.75, 3.05) is 31.6 Å². The number of hydrogen-bond acceptors (Lipinski definition) is 4. The highest BCUT2D eigenvalue weighted by atomic mass is 35.5. The SMILES string of the molecule is O=C(C[C@H](c1ccccc1)c1ccc(Cl)cc1)Nc1cccc(F)c1CCC1CNC(CN(CC(F)(F)F)C(=O)O)CO1. The number of rotatable bonds is 11. The third-order valence-electron chi connectivity index (χ3n) is 7.22. The van der Waals surface area contributed by atoms with Gasteiger partial charge < -0.3 is 20.5 Å². The van der Waals surface area contributed by atoms with Gasteiger partial charge in [-0.05, 0) is 48.2 Å². The molecule has 7 nitrogen and oxygen atoms in total. The van der Waals surface area contributed by atoms with Crippen molar-refractivity contribution in [2.24, 2.45) is 0 Å². The minimum atomic E-state index is -4.65. The first-order chi connectivity index (χ1) is 20.5. The smallest absolute Gasteiger partial charge is 0.407 e. The first-order valence-corrected chi connectivity index (χ1v) is 14.1. The number of halogens is 5. The van der Waals surface area contributed by atoms with E-state index in [0.717, 1.165) is 11.1 Å².